The third-order valence-electron chi connectivity index (χ3n) is 10.6. The summed E-state index contributed by atoms with van der Waals surface area (Å²) in [6.07, 6.45) is 0. The summed E-state index contributed by atoms with van der Waals surface area (Å²) in [5, 5.41) is 9.21. The van der Waals surface area contributed by atoms with Gasteiger partial charge in [-0.05, 0) is 69.8 Å². The van der Waals surface area contributed by atoms with E-state index in [0.717, 1.165) is 88.6 Å². The Morgan fingerprint density at radius 3 is 1.62 bits per heavy atom. The van der Waals surface area contributed by atoms with Gasteiger partial charge in [-0.25, -0.2) is 0 Å². The van der Waals surface area contributed by atoms with Gasteiger partial charge < -0.3 is 13.7 Å². The molecule has 0 aliphatic heterocycles. The summed E-state index contributed by atoms with van der Waals surface area (Å²) in [5.41, 5.74) is 11.1. The maximum absolute atomic E-state index is 7.00. The average molecular weight is 678 g/mol. The maximum Gasteiger partial charge on any atom is 0.143 e. The van der Waals surface area contributed by atoms with Crippen LogP contribution in [0.25, 0.3) is 87.7 Å². The minimum Gasteiger partial charge on any atom is -0.455 e. The molecule has 248 valence electrons. The van der Waals surface area contributed by atoms with E-state index in [9.17, 15) is 0 Å². The van der Waals surface area contributed by atoms with Crippen LogP contribution in [0.4, 0.5) is 17.1 Å². The van der Waals surface area contributed by atoms with Crippen molar-refractivity contribution in [3.05, 3.63) is 188 Å². The molecule has 0 saturated heterocycles. The van der Waals surface area contributed by atoms with Crippen LogP contribution in [-0.2, 0) is 0 Å². The molecule has 3 nitrogen and oxygen atoms in total. The zero-order valence-electron chi connectivity index (χ0n) is 28.7. The summed E-state index contributed by atoms with van der Waals surface area (Å²) in [4.78, 5) is 2.35. The van der Waals surface area contributed by atoms with Crippen LogP contribution in [0.3, 0.4) is 0 Å². The zero-order chi connectivity index (χ0) is 34.9. The zero-order valence-corrected chi connectivity index (χ0v) is 28.7. The molecular formula is C50H31NO2. The van der Waals surface area contributed by atoms with Crippen molar-refractivity contribution >= 4 is 82.5 Å². The van der Waals surface area contributed by atoms with Gasteiger partial charge in [0.15, 0.2) is 0 Å². The molecule has 11 rings (SSSR count). The van der Waals surface area contributed by atoms with Gasteiger partial charge in [-0.15, -0.1) is 0 Å². The molecule has 0 spiro atoms. The van der Waals surface area contributed by atoms with Crippen molar-refractivity contribution < 1.29 is 8.83 Å². The molecule has 0 atom stereocenters. The summed E-state index contributed by atoms with van der Waals surface area (Å²) in [7, 11) is 0. The largest absolute Gasteiger partial charge is 0.455 e. The fourth-order valence-electron chi connectivity index (χ4n) is 8.24. The fraction of sp³-hybridized carbons (Fsp3) is 0. The lowest BCUT2D eigenvalue weighted by Gasteiger charge is -2.26. The second kappa shape index (κ2) is 11.7. The average Bonchev–Trinajstić information content (AvgIpc) is 3.81. The number of benzene rings is 9. The highest BCUT2D eigenvalue weighted by atomic mass is 16.3. The highest BCUT2D eigenvalue weighted by Gasteiger charge is 2.22. The van der Waals surface area contributed by atoms with Crippen molar-refractivity contribution in [3.63, 3.8) is 0 Å². The second-order valence-corrected chi connectivity index (χ2v) is 13.6. The molecule has 0 radical (unpaired) electrons. The Labute approximate surface area is 305 Å². The van der Waals surface area contributed by atoms with Crippen molar-refractivity contribution in [3.8, 4) is 22.3 Å². The number of rotatable bonds is 5. The summed E-state index contributed by atoms with van der Waals surface area (Å²) in [6.45, 7) is 0. The monoisotopic (exact) mass is 677 g/mol. The third-order valence-corrected chi connectivity index (χ3v) is 10.6. The first-order valence-corrected chi connectivity index (χ1v) is 18.0. The predicted octanol–water partition coefficient (Wildman–Crippen LogP) is 14.6. The lowest BCUT2D eigenvalue weighted by molar-refractivity contribution is 0.670. The Morgan fingerprint density at radius 1 is 0.302 bits per heavy atom. The van der Waals surface area contributed by atoms with Gasteiger partial charge in [-0.2, -0.15) is 0 Å². The molecule has 0 fully saturated rings. The summed E-state index contributed by atoms with van der Waals surface area (Å²) in [5.74, 6) is 0. The molecule has 3 heteroatoms. The minimum atomic E-state index is 0.888. The fourth-order valence-corrected chi connectivity index (χ4v) is 8.24. The molecule has 2 aromatic heterocycles. The van der Waals surface area contributed by atoms with Crippen molar-refractivity contribution in [2.24, 2.45) is 0 Å². The molecular weight excluding hydrogens is 647 g/mol. The number of hydrogen-bond donors (Lipinski definition) is 0. The van der Waals surface area contributed by atoms with Crippen LogP contribution < -0.4 is 4.90 Å². The first-order chi connectivity index (χ1) is 26.3. The summed E-state index contributed by atoms with van der Waals surface area (Å²) < 4.78 is 13.4. The molecule has 0 aliphatic rings. The Balaban J connectivity index is 1.16. The Bertz CT molecular complexity index is 3160. The summed E-state index contributed by atoms with van der Waals surface area (Å²) >= 11 is 0. The molecule has 0 aliphatic carbocycles. The van der Waals surface area contributed by atoms with E-state index in [1.165, 1.54) is 16.2 Å². The SMILES string of the molecule is c1ccc(-c2cc(N(c3ccccc3)c3ccc(-c4cccc5c4oc4ccccc45)cc3)cc3c2oc2c4ccccc4c4ccccc4c32)cc1. The van der Waals surface area contributed by atoms with Crippen LogP contribution >= 0.6 is 0 Å². The van der Waals surface area contributed by atoms with Gasteiger partial charge >= 0.3 is 0 Å². The van der Waals surface area contributed by atoms with Crippen molar-refractivity contribution in [2.75, 3.05) is 4.90 Å². The molecule has 2 heterocycles. The van der Waals surface area contributed by atoms with Crippen LogP contribution in [0.2, 0.25) is 0 Å². The van der Waals surface area contributed by atoms with E-state index in [0.29, 0.717) is 0 Å². The normalized spacial score (nSPS) is 11.8. The highest BCUT2D eigenvalue weighted by Crippen LogP contribution is 2.47. The van der Waals surface area contributed by atoms with E-state index in [2.05, 4.69) is 181 Å². The number of para-hydroxylation sites is 3. The Kier molecular flexibility index (Phi) is 6.55. The molecule has 0 amide bonds. The van der Waals surface area contributed by atoms with Crippen molar-refractivity contribution in [1.82, 2.24) is 0 Å². The van der Waals surface area contributed by atoms with Gasteiger partial charge in [0, 0.05) is 55.1 Å². The van der Waals surface area contributed by atoms with E-state index >= 15 is 0 Å². The lowest BCUT2D eigenvalue weighted by Crippen LogP contribution is -2.10. The predicted molar refractivity (Wildman–Crippen MR) is 222 cm³/mol. The van der Waals surface area contributed by atoms with E-state index in [1.54, 1.807) is 0 Å². The van der Waals surface area contributed by atoms with Crippen LogP contribution in [0.1, 0.15) is 0 Å². The molecule has 9 aromatic carbocycles. The van der Waals surface area contributed by atoms with Crippen molar-refractivity contribution in [2.45, 2.75) is 0 Å². The minimum absolute atomic E-state index is 0.888. The maximum atomic E-state index is 7.00. The smallest absolute Gasteiger partial charge is 0.143 e. The standard InChI is InChI=1S/C50H31NO2/c1-3-14-32(15-4-1)44-30-36(31-45-47-41-21-9-7-18-38(41)39-19-8-10-22-42(39)50(47)53-49(44)45)51(34-16-5-2-6-17-34)35-28-26-33(27-29-35)37-23-13-24-43-40-20-11-12-25-46(40)52-48(37)43/h1-31H. The number of furan rings is 2. The van der Waals surface area contributed by atoms with Gasteiger partial charge in [-0.1, -0.05) is 146 Å². The van der Waals surface area contributed by atoms with Gasteiger partial charge in [0.25, 0.3) is 0 Å². The number of nitrogens with zero attached hydrogens (tertiary/aromatic N) is 1. The molecule has 0 bridgehead atoms. The quantitative estimate of drug-likeness (QED) is 0.170. The van der Waals surface area contributed by atoms with Crippen molar-refractivity contribution in [1.29, 1.82) is 0 Å². The van der Waals surface area contributed by atoms with Crippen LogP contribution in [0.15, 0.2) is 197 Å². The van der Waals surface area contributed by atoms with E-state index in [4.69, 9.17) is 8.83 Å². The Morgan fingerprint density at radius 2 is 0.849 bits per heavy atom. The topological polar surface area (TPSA) is 29.5 Å². The van der Waals surface area contributed by atoms with Gasteiger partial charge in [0.2, 0.25) is 0 Å². The van der Waals surface area contributed by atoms with Crippen LogP contribution in [0.5, 0.6) is 0 Å². The van der Waals surface area contributed by atoms with E-state index in [-0.39, 0.29) is 0 Å². The van der Waals surface area contributed by atoms with E-state index in [1.807, 2.05) is 12.1 Å². The third kappa shape index (κ3) is 4.61. The number of fused-ring (bicyclic) bond motifs is 11. The van der Waals surface area contributed by atoms with Crippen LogP contribution in [-0.4, -0.2) is 0 Å². The molecule has 0 unspecified atom stereocenters. The van der Waals surface area contributed by atoms with Gasteiger partial charge in [-0.3, -0.25) is 0 Å². The Hall–Kier alpha value is -7.10. The highest BCUT2D eigenvalue weighted by molar-refractivity contribution is 6.31. The molecule has 11 aromatic rings. The number of hydrogen-bond acceptors (Lipinski definition) is 3. The second-order valence-electron chi connectivity index (χ2n) is 13.6. The van der Waals surface area contributed by atoms with Gasteiger partial charge in [0.05, 0.1) is 0 Å². The number of anilines is 3. The van der Waals surface area contributed by atoms with Crippen LogP contribution in [0, 0.1) is 0 Å². The molecule has 0 saturated carbocycles. The first-order valence-electron chi connectivity index (χ1n) is 18.0. The molecule has 0 N–H and O–H groups in total. The van der Waals surface area contributed by atoms with E-state index < -0.39 is 0 Å². The summed E-state index contributed by atoms with van der Waals surface area (Å²) in [6, 6.07) is 66.6. The molecule has 53 heavy (non-hydrogen) atoms. The first kappa shape index (κ1) is 29.6. The van der Waals surface area contributed by atoms with Gasteiger partial charge in [0.1, 0.15) is 22.3 Å². The lowest BCUT2D eigenvalue weighted by atomic mass is 9.95.